The number of anilines is 1. The summed E-state index contributed by atoms with van der Waals surface area (Å²) >= 11 is 0. The molecule has 152 valence electrons. The molecule has 1 aliphatic carbocycles. The van der Waals surface area contributed by atoms with E-state index in [2.05, 4.69) is 6.07 Å². The molecule has 2 aliphatic rings. The molecule has 0 radical (unpaired) electrons. The summed E-state index contributed by atoms with van der Waals surface area (Å²) in [4.78, 5) is 14.9. The fourth-order valence-electron chi connectivity index (χ4n) is 3.52. The Morgan fingerprint density at radius 2 is 1.86 bits per heavy atom. The maximum Gasteiger partial charge on any atom is 0.231 e. The largest absolute Gasteiger partial charge is 0.497 e. The molecule has 1 aromatic heterocycles. The predicted octanol–water partition coefficient (Wildman–Crippen LogP) is 4.38. The number of nitrogens with zero attached hydrogens (tertiary/aromatic N) is 3. The van der Waals surface area contributed by atoms with E-state index in [9.17, 15) is 4.79 Å². The molecular formula is C22H31N3O3. The summed E-state index contributed by atoms with van der Waals surface area (Å²) in [5.74, 6) is 3.05. The van der Waals surface area contributed by atoms with Crippen LogP contribution in [0.25, 0.3) is 0 Å². The highest BCUT2D eigenvalue weighted by molar-refractivity contribution is 5.94. The third-order valence-electron chi connectivity index (χ3n) is 5.33. The molecule has 1 saturated carbocycles. The van der Waals surface area contributed by atoms with E-state index in [0.29, 0.717) is 12.5 Å². The second-order valence-electron chi connectivity index (χ2n) is 7.22. The average molecular weight is 386 g/mol. The van der Waals surface area contributed by atoms with Crippen LogP contribution in [-0.2, 0) is 17.9 Å². The van der Waals surface area contributed by atoms with Gasteiger partial charge >= 0.3 is 0 Å². The van der Waals surface area contributed by atoms with Crippen molar-refractivity contribution in [3.63, 3.8) is 0 Å². The fraction of sp³-hybridized carbons (Fsp3) is 0.545. The van der Waals surface area contributed by atoms with Gasteiger partial charge in [-0.05, 0) is 31.4 Å². The lowest BCUT2D eigenvalue weighted by Crippen LogP contribution is -2.34. The van der Waals surface area contributed by atoms with Gasteiger partial charge in [-0.1, -0.05) is 20.8 Å². The van der Waals surface area contributed by atoms with E-state index in [-0.39, 0.29) is 11.8 Å². The van der Waals surface area contributed by atoms with Crippen molar-refractivity contribution in [1.29, 1.82) is 0 Å². The van der Waals surface area contributed by atoms with Crippen LogP contribution in [0, 0.1) is 5.92 Å². The van der Waals surface area contributed by atoms with Gasteiger partial charge in [0.15, 0.2) is 0 Å². The van der Waals surface area contributed by atoms with Crippen LogP contribution in [0.15, 0.2) is 24.3 Å². The van der Waals surface area contributed by atoms with Crippen molar-refractivity contribution in [2.24, 2.45) is 5.92 Å². The zero-order valence-electron chi connectivity index (χ0n) is 17.6. The number of aromatic nitrogens is 2. The molecular weight excluding hydrogens is 354 g/mol. The number of carbonyl (C=O) groups is 1. The zero-order valence-corrected chi connectivity index (χ0v) is 17.6. The summed E-state index contributed by atoms with van der Waals surface area (Å²) in [5, 5.41) is 4.78. The molecule has 1 atom stereocenters. The lowest BCUT2D eigenvalue weighted by atomic mass is 10.1. The first-order valence-electron chi connectivity index (χ1n) is 10.2. The highest BCUT2D eigenvalue weighted by Crippen LogP contribution is 2.41. The van der Waals surface area contributed by atoms with Gasteiger partial charge in [0.05, 0.1) is 26.5 Å². The first-order chi connectivity index (χ1) is 13.6. The molecule has 1 aromatic carbocycles. The Bertz CT molecular complexity index is 826. The van der Waals surface area contributed by atoms with Gasteiger partial charge in [0, 0.05) is 36.1 Å². The van der Waals surface area contributed by atoms with Gasteiger partial charge in [-0.25, -0.2) is 4.68 Å². The number of benzene rings is 1. The van der Waals surface area contributed by atoms with Crippen molar-refractivity contribution in [2.45, 2.75) is 59.0 Å². The SMILES string of the molecule is CC.COc1ccc(CN2C(=O)C(C)CCn3nc(C4CC4)cc32)c(OC)c1. The molecule has 28 heavy (non-hydrogen) atoms. The number of fused-ring (bicyclic) bond motifs is 1. The molecule has 0 N–H and O–H groups in total. The van der Waals surface area contributed by atoms with Gasteiger partial charge in [0.1, 0.15) is 17.3 Å². The maximum atomic E-state index is 13.0. The van der Waals surface area contributed by atoms with Crippen LogP contribution in [0.4, 0.5) is 5.82 Å². The Morgan fingerprint density at radius 1 is 1.11 bits per heavy atom. The van der Waals surface area contributed by atoms with Gasteiger partial charge < -0.3 is 9.47 Å². The number of carbonyl (C=O) groups excluding carboxylic acids is 1. The highest BCUT2D eigenvalue weighted by atomic mass is 16.5. The van der Waals surface area contributed by atoms with Crippen molar-refractivity contribution in [3.8, 4) is 11.5 Å². The third kappa shape index (κ3) is 4.01. The lowest BCUT2D eigenvalue weighted by Gasteiger charge is -2.24. The van der Waals surface area contributed by atoms with Crippen molar-refractivity contribution in [2.75, 3.05) is 19.1 Å². The molecule has 1 fully saturated rings. The number of amides is 1. The molecule has 0 spiro atoms. The Balaban J connectivity index is 0.00000109. The summed E-state index contributed by atoms with van der Waals surface area (Å²) in [6.45, 7) is 7.24. The number of aryl methyl sites for hydroxylation is 1. The smallest absolute Gasteiger partial charge is 0.231 e. The molecule has 4 rings (SSSR count). The van der Waals surface area contributed by atoms with Gasteiger partial charge in [0.25, 0.3) is 0 Å². The molecule has 1 unspecified atom stereocenters. The summed E-state index contributed by atoms with van der Waals surface area (Å²) in [6, 6.07) is 7.82. The molecule has 1 amide bonds. The number of hydrogen-bond donors (Lipinski definition) is 0. The molecule has 0 saturated heterocycles. The number of rotatable bonds is 5. The standard InChI is InChI=1S/C20H25N3O3.C2H6/c1-13-8-9-23-19(11-17(21-23)14-4-5-14)22(20(13)24)12-15-6-7-16(25-2)10-18(15)26-3;1-2/h6-7,10-11,13-14H,4-5,8-9,12H2,1-3H3;1-2H3. The quantitative estimate of drug-likeness (QED) is 0.767. The van der Waals surface area contributed by atoms with Crippen molar-refractivity contribution in [3.05, 3.63) is 35.5 Å². The summed E-state index contributed by atoms with van der Waals surface area (Å²) in [7, 11) is 3.27. The summed E-state index contributed by atoms with van der Waals surface area (Å²) in [5.41, 5.74) is 2.07. The monoisotopic (exact) mass is 385 g/mol. The second-order valence-corrected chi connectivity index (χ2v) is 7.22. The van der Waals surface area contributed by atoms with Gasteiger partial charge in [0.2, 0.25) is 5.91 Å². The van der Waals surface area contributed by atoms with E-state index in [1.165, 1.54) is 12.8 Å². The number of methoxy groups -OCH3 is 2. The highest BCUT2D eigenvalue weighted by Gasteiger charge is 2.33. The average Bonchev–Trinajstić information content (AvgIpc) is 3.52. The first-order valence-corrected chi connectivity index (χ1v) is 10.2. The molecule has 6 nitrogen and oxygen atoms in total. The molecule has 2 aromatic rings. The van der Waals surface area contributed by atoms with Gasteiger partial charge in [-0.2, -0.15) is 5.10 Å². The number of ether oxygens (including phenoxy) is 2. The molecule has 2 heterocycles. The first kappa shape index (κ1) is 20.2. The van der Waals surface area contributed by atoms with E-state index >= 15 is 0 Å². The van der Waals surface area contributed by atoms with Crippen LogP contribution < -0.4 is 14.4 Å². The minimum Gasteiger partial charge on any atom is -0.497 e. The Kier molecular flexibility index (Phi) is 6.27. The van der Waals surface area contributed by atoms with E-state index in [0.717, 1.165) is 41.5 Å². The van der Waals surface area contributed by atoms with Crippen molar-refractivity contribution < 1.29 is 14.3 Å². The lowest BCUT2D eigenvalue weighted by molar-refractivity contribution is -0.122. The van der Waals surface area contributed by atoms with Gasteiger partial charge in [-0.3, -0.25) is 9.69 Å². The van der Waals surface area contributed by atoms with Crippen molar-refractivity contribution in [1.82, 2.24) is 9.78 Å². The Labute approximate surface area is 167 Å². The minimum atomic E-state index is -0.0229. The molecule has 0 bridgehead atoms. The molecule has 1 aliphatic heterocycles. The van der Waals surface area contributed by atoms with Crippen LogP contribution in [0.5, 0.6) is 11.5 Å². The van der Waals surface area contributed by atoms with E-state index in [4.69, 9.17) is 14.6 Å². The van der Waals surface area contributed by atoms with Crippen LogP contribution in [0.1, 0.15) is 57.2 Å². The number of hydrogen-bond acceptors (Lipinski definition) is 4. The van der Waals surface area contributed by atoms with E-state index in [1.54, 1.807) is 14.2 Å². The maximum absolute atomic E-state index is 13.0. The Hall–Kier alpha value is -2.50. The summed E-state index contributed by atoms with van der Waals surface area (Å²) in [6.07, 6.45) is 3.22. The normalized spacial score (nSPS) is 18.7. The van der Waals surface area contributed by atoms with Crippen LogP contribution in [0.3, 0.4) is 0 Å². The van der Waals surface area contributed by atoms with E-state index < -0.39 is 0 Å². The topological polar surface area (TPSA) is 56.6 Å². The second kappa shape index (κ2) is 8.67. The fourth-order valence-corrected chi connectivity index (χ4v) is 3.52. The van der Waals surface area contributed by atoms with Crippen LogP contribution in [0.2, 0.25) is 0 Å². The molecule has 6 heteroatoms. The van der Waals surface area contributed by atoms with Crippen LogP contribution >= 0.6 is 0 Å². The van der Waals surface area contributed by atoms with E-state index in [1.807, 2.05) is 48.6 Å². The zero-order chi connectivity index (χ0) is 20.3. The summed E-state index contributed by atoms with van der Waals surface area (Å²) < 4.78 is 12.8. The minimum absolute atomic E-state index is 0.0229. The Morgan fingerprint density at radius 3 is 2.50 bits per heavy atom. The third-order valence-corrected chi connectivity index (χ3v) is 5.33. The van der Waals surface area contributed by atoms with Gasteiger partial charge in [-0.15, -0.1) is 0 Å². The van der Waals surface area contributed by atoms with Crippen molar-refractivity contribution >= 4 is 11.7 Å². The predicted molar refractivity (Wildman–Crippen MR) is 110 cm³/mol. The van der Waals surface area contributed by atoms with Crippen LogP contribution in [-0.4, -0.2) is 29.9 Å².